The molecule has 0 saturated carbocycles. The number of fused-ring (bicyclic) bond motifs is 1. The van der Waals surface area contributed by atoms with Crippen LogP contribution in [0, 0.1) is 13.8 Å². The minimum atomic E-state index is -0.841. The summed E-state index contributed by atoms with van der Waals surface area (Å²) in [5, 5.41) is 0.480. The van der Waals surface area contributed by atoms with Crippen LogP contribution in [-0.2, 0) is 4.84 Å². The van der Waals surface area contributed by atoms with Crippen LogP contribution >= 0.6 is 0 Å². The van der Waals surface area contributed by atoms with Crippen molar-refractivity contribution >= 4 is 17.8 Å². The Labute approximate surface area is 126 Å². The molecule has 2 heterocycles. The first-order chi connectivity index (χ1) is 10.5. The molecule has 2 amide bonds. The van der Waals surface area contributed by atoms with Crippen molar-refractivity contribution in [1.82, 2.24) is 10.0 Å². The van der Waals surface area contributed by atoms with E-state index in [2.05, 4.69) is 4.98 Å². The van der Waals surface area contributed by atoms with Crippen molar-refractivity contribution in [3.8, 4) is 0 Å². The highest BCUT2D eigenvalue weighted by atomic mass is 16.7. The highest BCUT2D eigenvalue weighted by Gasteiger charge is 2.39. The standard InChI is InChI=1S/C16H12N2O4/c1-9-7-10(2)13(17-8-9)16(21)22-18-14(19)11-5-3-4-6-12(11)15(18)20/h3-8H,1-2H3. The van der Waals surface area contributed by atoms with Gasteiger partial charge in [0, 0.05) is 6.20 Å². The molecule has 110 valence electrons. The molecule has 0 bridgehead atoms. The molecule has 0 aliphatic carbocycles. The number of hydroxylamine groups is 2. The highest BCUT2D eigenvalue weighted by molar-refractivity contribution is 6.21. The van der Waals surface area contributed by atoms with Crippen molar-refractivity contribution in [2.24, 2.45) is 0 Å². The molecule has 0 atom stereocenters. The second kappa shape index (κ2) is 5.07. The molecule has 0 fully saturated rings. The normalized spacial score (nSPS) is 13.3. The summed E-state index contributed by atoms with van der Waals surface area (Å²) in [6.45, 7) is 3.55. The minimum absolute atomic E-state index is 0.0714. The van der Waals surface area contributed by atoms with Crippen LogP contribution in [0.4, 0.5) is 0 Å². The number of nitrogens with zero attached hydrogens (tertiary/aromatic N) is 2. The molecule has 22 heavy (non-hydrogen) atoms. The predicted octanol–water partition coefficient (Wildman–Crippen LogP) is 2.07. The molecule has 2 aromatic rings. The summed E-state index contributed by atoms with van der Waals surface area (Å²) in [4.78, 5) is 45.3. The van der Waals surface area contributed by atoms with Gasteiger partial charge in [-0.25, -0.2) is 9.78 Å². The van der Waals surface area contributed by atoms with E-state index in [4.69, 9.17) is 4.84 Å². The zero-order valence-corrected chi connectivity index (χ0v) is 12.0. The van der Waals surface area contributed by atoms with Crippen molar-refractivity contribution in [2.45, 2.75) is 13.8 Å². The van der Waals surface area contributed by atoms with Crippen LogP contribution in [0.5, 0.6) is 0 Å². The number of amides is 2. The molecule has 6 nitrogen and oxygen atoms in total. The van der Waals surface area contributed by atoms with Crippen molar-refractivity contribution in [1.29, 1.82) is 0 Å². The number of aromatic nitrogens is 1. The average Bonchev–Trinajstić information content (AvgIpc) is 2.73. The van der Waals surface area contributed by atoms with Gasteiger partial charge in [-0.2, -0.15) is 0 Å². The number of carbonyl (C=O) groups excluding carboxylic acids is 3. The van der Waals surface area contributed by atoms with E-state index >= 15 is 0 Å². The summed E-state index contributed by atoms with van der Waals surface area (Å²) in [7, 11) is 0. The van der Waals surface area contributed by atoms with Gasteiger partial charge in [-0.05, 0) is 37.1 Å². The molecule has 0 saturated heterocycles. The number of imide groups is 1. The molecule has 0 unspecified atom stereocenters. The Morgan fingerprint density at radius 1 is 1.09 bits per heavy atom. The summed E-state index contributed by atoms with van der Waals surface area (Å²) < 4.78 is 0. The van der Waals surface area contributed by atoms with E-state index in [1.807, 2.05) is 6.92 Å². The maximum absolute atomic E-state index is 12.1. The Kier molecular flexibility index (Phi) is 3.21. The second-order valence-electron chi connectivity index (χ2n) is 5.01. The molecule has 1 aromatic carbocycles. The topological polar surface area (TPSA) is 76.6 Å². The lowest BCUT2D eigenvalue weighted by Gasteiger charge is -2.13. The van der Waals surface area contributed by atoms with Crippen LogP contribution in [0.1, 0.15) is 42.3 Å². The minimum Gasteiger partial charge on any atom is -0.322 e. The van der Waals surface area contributed by atoms with E-state index in [0.29, 0.717) is 10.6 Å². The number of pyridine rings is 1. The maximum Gasteiger partial charge on any atom is 0.382 e. The van der Waals surface area contributed by atoms with Gasteiger partial charge in [0.2, 0.25) is 0 Å². The third-order valence-corrected chi connectivity index (χ3v) is 3.34. The average molecular weight is 296 g/mol. The first kappa shape index (κ1) is 13.9. The first-order valence-electron chi connectivity index (χ1n) is 6.62. The Hall–Kier alpha value is -3.02. The summed E-state index contributed by atoms with van der Waals surface area (Å²) in [6, 6.07) is 8.07. The van der Waals surface area contributed by atoms with E-state index in [9.17, 15) is 14.4 Å². The molecule has 1 aliphatic heterocycles. The summed E-state index contributed by atoms with van der Waals surface area (Å²) >= 11 is 0. The van der Waals surface area contributed by atoms with Gasteiger partial charge >= 0.3 is 5.97 Å². The molecule has 1 aromatic heterocycles. The van der Waals surface area contributed by atoms with Crippen LogP contribution in [0.3, 0.4) is 0 Å². The fraction of sp³-hybridized carbons (Fsp3) is 0.125. The Morgan fingerprint density at radius 3 is 2.23 bits per heavy atom. The van der Waals surface area contributed by atoms with E-state index in [1.165, 1.54) is 18.3 Å². The van der Waals surface area contributed by atoms with Gasteiger partial charge in [0.05, 0.1) is 11.1 Å². The molecule has 1 aliphatic rings. The predicted molar refractivity (Wildman–Crippen MR) is 76.1 cm³/mol. The van der Waals surface area contributed by atoms with Gasteiger partial charge in [0.15, 0.2) is 5.69 Å². The first-order valence-corrected chi connectivity index (χ1v) is 6.62. The van der Waals surface area contributed by atoms with Gasteiger partial charge < -0.3 is 4.84 Å². The zero-order chi connectivity index (χ0) is 15.9. The lowest BCUT2D eigenvalue weighted by atomic mass is 10.1. The largest absolute Gasteiger partial charge is 0.382 e. The van der Waals surface area contributed by atoms with Crippen LogP contribution in [0.2, 0.25) is 0 Å². The number of aryl methyl sites for hydroxylation is 2. The molecule has 6 heteroatoms. The summed E-state index contributed by atoms with van der Waals surface area (Å²) in [5.74, 6) is -2.15. The molecule has 3 rings (SSSR count). The summed E-state index contributed by atoms with van der Waals surface area (Å²) in [5.41, 5.74) is 2.02. The molecular weight excluding hydrogens is 284 g/mol. The molecule has 0 spiro atoms. The fourth-order valence-electron chi connectivity index (χ4n) is 2.31. The van der Waals surface area contributed by atoms with Crippen molar-refractivity contribution in [2.75, 3.05) is 0 Å². The van der Waals surface area contributed by atoms with Crippen LogP contribution < -0.4 is 0 Å². The summed E-state index contributed by atoms with van der Waals surface area (Å²) in [6.07, 6.45) is 1.52. The Morgan fingerprint density at radius 2 is 1.68 bits per heavy atom. The Balaban J connectivity index is 1.87. The number of benzene rings is 1. The number of carbonyl (C=O) groups is 3. The number of rotatable bonds is 2. The van der Waals surface area contributed by atoms with E-state index < -0.39 is 17.8 Å². The van der Waals surface area contributed by atoms with Crippen molar-refractivity contribution in [3.05, 3.63) is 64.5 Å². The molecule has 0 N–H and O–H groups in total. The third kappa shape index (κ3) is 2.14. The lowest BCUT2D eigenvalue weighted by molar-refractivity contribution is -0.0589. The maximum atomic E-state index is 12.1. The van der Waals surface area contributed by atoms with Crippen LogP contribution in [0.15, 0.2) is 36.5 Å². The van der Waals surface area contributed by atoms with Crippen molar-refractivity contribution in [3.63, 3.8) is 0 Å². The smallest absolute Gasteiger partial charge is 0.322 e. The van der Waals surface area contributed by atoms with Crippen LogP contribution in [0.25, 0.3) is 0 Å². The van der Waals surface area contributed by atoms with E-state index in [-0.39, 0.29) is 16.8 Å². The lowest BCUT2D eigenvalue weighted by Crippen LogP contribution is -2.33. The van der Waals surface area contributed by atoms with Gasteiger partial charge in [-0.3, -0.25) is 9.59 Å². The zero-order valence-electron chi connectivity index (χ0n) is 12.0. The highest BCUT2D eigenvalue weighted by Crippen LogP contribution is 2.23. The fourth-order valence-corrected chi connectivity index (χ4v) is 2.31. The van der Waals surface area contributed by atoms with E-state index in [1.54, 1.807) is 25.1 Å². The third-order valence-electron chi connectivity index (χ3n) is 3.34. The van der Waals surface area contributed by atoms with Crippen molar-refractivity contribution < 1.29 is 19.2 Å². The van der Waals surface area contributed by atoms with E-state index in [0.717, 1.165) is 5.56 Å². The molecule has 0 radical (unpaired) electrons. The van der Waals surface area contributed by atoms with Gasteiger partial charge in [-0.15, -0.1) is 0 Å². The number of hydrogen-bond donors (Lipinski definition) is 0. The monoisotopic (exact) mass is 296 g/mol. The van der Waals surface area contributed by atoms with Crippen LogP contribution in [-0.4, -0.2) is 27.8 Å². The number of hydrogen-bond acceptors (Lipinski definition) is 5. The van der Waals surface area contributed by atoms with Gasteiger partial charge in [-0.1, -0.05) is 23.3 Å². The second-order valence-corrected chi connectivity index (χ2v) is 5.01. The molecular formula is C16H12N2O4. The Bertz CT molecular complexity index is 779. The SMILES string of the molecule is Cc1cnc(C(=O)ON2C(=O)c3ccccc3C2=O)c(C)c1. The van der Waals surface area contributed by atoms with Gasteiger partial charge in [0.1, 0.15) is 0 Å². The van der Waals surface area contributed by atoms with Gasteiger partial charge in [0.25, 0.3) is 11.8 Å². The quantitative estimate of drug-likeness (QED) is 0.793.